The molecule has 2 N–H and O–H groups in total. The molecule has 0 spiro atoms. The van der Waals surface area contributed by atoms with E-state index in [1.54, 1.807) is 0 Å². The van der Waals surface area contributed by atoms with Crippen LogP contribution in [-0.2, 0) is 27.4 Å². The number of benzene rings is 1. The Morgan fingerprint density at radius 2 is 1.96 bits per heavy atom. The van der Waals surface area contributed by atoms with E-state index in [4.69, 9.17) is 5.11 Å². The molecule has 2 rings (SSSR count). The second-order valence-electron chi connectivity index (χ2n) is 4.31. The predicted molar refractivity (Wildman–Crippen MR) is 75.7 cm³/mol. The number of carboxylic acid groups (broad SMARTS) is 1. The van der Waals surface area contributed by atoms with Crippen LogP contribution < -0.4 is 4.72 Å². The summed E-state index contributed by atoms with van der Waals surface area (Å²) >= 11 is 0.780. The Morgan fingerprint density at radius 1 is 1.30 bits per heavy atom. The number of carboxylic acids is 1. The molecule has 1 aromatic heterocycles. The van der Waals surface area contributed by atoms with Crippen molar-refractivity contribution in [2.75, 3.05) is 4.72 Å². The third-order valence-electron chi connectivity index (χ3n) is 2.59. The van der Waals surface area contributed by atoms with Crippen molar-refractivity contribution in [3.8, 4) is 0 Å². The molecule has 0 atom stereocenters. The van der Waals surface area contributed by atoms with Crippen LogP contribution in [0.3, 0.4) is 0 Å². The van der Waals surface area contributed by atoms with Crippen LogP contribution in [-0.4, -0.2) is 24.5 Å². The Morgan fingerprint density at radius 3 is 2.57 bits per heavy atom. The van der Waals surface area contributed by atoms with Gasteiger partial charge < -0.3 is 5.11 Å². The number of thiazole rings is 1. The number of hydrogen-bond acceptors (Lipinski definition) is 5. The minimum atomic E-state index is -4.83. The number of nitrogens with zero attached hydrogens (tertiary/aromatic N) is 1. The first-order chi connectivity index (χ1) is 10.6. The first kappa shape index (κ1) is 17.2. The number of aliphatic carboxylic acids is 1. The van der Waals surface area contributed by atoms with Crippen LogP contribution in [0.1, 0.15) is 11.3 Å². The zero-order chi connectivity index (χ0) is 17.3. The summed E-state index contributed by atoms with van der Waals surface area (Å²) in [5.74, 6) is -1.16. The summed E-state index contributed by atoms with van der Waals surface area (Å²) in [7, 11) is -4.51. The van der Waals surface area contributed by atoms with Crippen molar-refractivity contribution in [1.82, 2.24) is 4.98 Å². The van der Waals surface area contributed by atoms with E-state index in [0.717, 1.165) is 23.5 Å². The maximum absolute atomic E-state index is 12.9. The molecule has 23 heavy (non-hydrogen) atoms. The average Bonchev–Trinajstić information content (AvgIpc) is 2.83. The smallest absolute Gasteiger partial charge is 0.417 e. The van der Waals surface area contributed by atoms with Crippen LogP contribution >= 0.6 is 11.3 Å². The molecular weight excluding hydrogens is 357 g/mol. The molecule has 1 heterocycles. The highest BCUT2D eigenvalue weighted by Gasteiger charge is 2.37. The lowest BCUT2D eigenvalue weighted by atomic mass is 10.2. The van der Waals surface area contributed by atoms with Gasteiger partial charge in [0.2, 0.25) is 0 Å². The number of hydrogen-bond donors (Lipinski definition) is 2. The zero-order valence-corrected chi connectivity index (χ0v) is 12.8. The van der Waals surface area contributed by atoms with Gasteiger partial charge in [-0.05, 0) is 12.1 Å². The Balaban J connectivity index is 2.33. The molecule has 0 saturated carbocycles. The van der Waals surface area contributed by atoms with E-state index in [-0.39, 0.29) is 10.8 Å². The van der Waals surface area contributed by atoms with Crippen molar-refractivity contribution in [3.05, 3.63) is 40.9 Å². The monoisotopic (exact) mass is 366 g/mol. The summed E-state index contributed by atoms with van der Waals surface area (Å²) in [6, 6.07) is 3.74. The van der Waals surface area contributed by atoms with Crippen molar-refractivity contribution in [2.45, 2.75) is 17.5 Å². The van der Waals surface area contributed by atoms with Crippen LogP contribution in [0.25, 0.3) is 0 Å². The largest absolute Gasteiger partial charge is 0.481 e. The Labute approximate surface area is 132 Å². The zero-order valence-electron chi connectivity index (χ0n) is 11.2. The third kappa shape index (κ3) is 4.20. The van der Waals surface area contributed by atoms with E-state index in [2.05, 4.69) is 4.98 Å². The summed E-state index contributed by atoms with van der Waals surface area (Å²) in [5.41, 5.74) is -1.20. The molecule has 0 radical (unpaired) electrons. The highest BCUT2D eigenvalue weighted by atomic mass is 32.2. The lowest BCUT2D eigenvalue weighted by Crippen LogP contribution is -2.18. The number of anilines is 1. The SMILES string of the molecule is O=C(O)Cc1csc(NS(=O)(=O)c2ccccc2C(F)(F)F)n1. The molecule has 0 amide bonds. The van der Waals surface area contributed by atoms with Crippen LogP contribution in [0.4, 0.5) is 18.3 Å². The van der Waals surface area contributed by atoms with Gasteiger partial charge in [0.15, 0.2) is 5.13 Å². The number of aromatic nitrogens is 1. The van der Waals surface area contributed by atoms with E-state index >= 15 is 0 Å². The van der Waals surface area contributed by atoms with Crippen molar-refractivity contribution < 1.29 is 31.5 Å². The average molecular weight is 366 g/mol. The van der Waals surface area contributed by atoms with Gasteiger partial charge in [0, 0.05) is 5.38 Å². The normalized spacial score (nSPS) is 12.1. The highest BCUT2D eigenvalue weighted by Crippen LogP contribution is 2.34. The number of sulfonamides is 1. The van der Waals surface area contributed by atoms with Gasteiger partial charge in [-0.2, -0.15) is 13.2 Å². The first-order valence-electron chi connectivity index (χ1n) is 5.95. The van der Waals surface area contributed by atoms with Gasteiger partial charge in [-0.3, -0.25) is 9.52 Å². The maximum atomic E-state index is 12.9. The molecule has 0 fully saturated rings. The van der Waals surface area contributed by atoms with Gasteiger partial charge in [-0.1, -0.05) is 12.1 Å². The summed E-state index contributed by atoms with van der Waals surface area (Å²) in [6.07, 6.45) is -5.25. The van der Waals surface area contributed by atoms with Crippen LogP contribution in [0.5, 0.6) is 0 Å². The lowest BCUT2D eigenvalue weighted by Gasteiger charge is -2.13. The van der Waals surface area contributed by atoms with E-state index in [1.807, 2.05) is 4.72 Å². The second-order valence-corrected chi connectivity index (χ2v) is 6.82. The molecule has 1 aromatic carbocycles. The Hall–Kier alpha value is -2.14. The second kappa shape index (κ2) is 6.16. The highest BCUT2D eigenvalue weighted by molar-refractivity contribution is 7.93. The van der Waals surface area contributed by atoms with Crippen molar-refractivity contribution >= 4 is 32.5 Å². The number of nitrogens with one attached hydrogen (secondary N) is 1. The standard InChI is InChI=1S/C12H9F3N2O4S2/c13-12(14,15)8-3-1-2-4-9(8)23(20,21)17-11-16-7(6-22-11)5-10(18)19/h1-4,6H,5H2,(H,16,17)(H,18,19). The first-order valence-corrected chi connectivity index (χ1v) is 8.31. The van der Waals surface area contributed by atoms with Crippen molar-refractivity contribution in [1.29, 1.82) is 0 Å². The predicted octanol–water partition coefficient (Wildman–Crippen LogP) is 2.59. The molecule has 0 aliphatic carbocycles. The van der Waals surface area contributed by atoms with Gasteiger partial charge in [0.1, 0.15) is 0 Å². The molecule has 2 aromatic rings. The molecule has 6 nitrogen and oxygen atoms in total. The van der Waals surface area contributed by atoms with Gasteiger partial charge >= 0.3 is 12.1 Å². The molecule has 0 bridgehead atoms. The Kier molecular flexibility index (Phi) is 4.61. The Bertz CT molecular complexity index is 831. The van der Waals surface area contributed by atoms with Crippen LogP contribution in [0.15, 0.2) is 34.5 Å². The van der Waals surface area contributed by atoms with E-state index < -0.39 is 39.0 Å². The maximum Gasteiger partial charge on any atom is 0.417 e. The molecule has 11 heteroatoms. The fraction of sp³-hybridized carbons (Fsp3) is 0.167. The van der Waals surface area contributed by atoms with E-state index in [9.17, 15) is 26.4 Å². The van der Waals surface area contributed by atoms with Gasteiger partial charge in [0.05, 0.1) is 22.6 Å². The molecular formula is C12H9F3N2O4S2. The minimum Gasteiger partial charge on any atom is -0.481 e. The summed E-state index contributed by atoms with van der Waals surface area (Å²) in [5, 5.41) is 9.71. The lowest BCUT2D eigenvalue weighted by molar-refractivity contribution is -0.140. The molecule has 0 unspecified atom stereocenters. The summed E-state index contributed by atoms with van der Waals surface area (Å²) < 4.78 is 64.9. The number of alkyl halides is 3. The fourth-order valence-corrected chi connectivity index (χ4v) is 3.89. The summed E-state index contributed by atoms with van der Waals surface area (Å²) in [6.45, 7) is 0. The number of halogens is 3. The molecule has 0 aliphatic rings. The molecule has 124 valence electrons. The number of carbonyl (C=O) groups is 1. The number of rotatable bonds is 5. The van der Waals surface area contributed by atoms with Gasteiger partial charge in [-0.25, -0.2) is 13.4 Å². The topological polar surface area (TPSA) is 96.4 Å². The van der Waals surface area contributed by atoms with Crippen LogP contribution in [0.2, 0.25) is 0 Å². The fourth-order valence-electron chi connectivity index (χ4n) is 1.70. The summed E-state index contributed by atoms with van der Waals surface area (Å²) in [4.78, 5) is 13.3. The third-order valence-corrected chi connectivity index (χ3v) is 4.92. The van der Waals surface area contributed by atoms with Crippen LogP contribution in [0, 0.1) is 0 Å². The molecule has 0 aliphatic heterocycles. The van der Waals surface area contributed by atoms with Crippen molar-refractivity contribution in [3.63, 3.8) is 0 Å². The van der Waals surface area contributed by atoms with E-state index in [1.165, 1.54) is 11.4 Å². The van der Waals surface area contributed by atoms with Gasteiger partial charge in [-0.15, -0.1) is 11.3 Å². The van der Waals surface area contributed by atoms with Crippen molar-refractivity contribution in [2.24, 2.45) is 0 Å². The quantitative estimate of drug-likeness (QED) is 0.848. The van der Waals surface area contributed by atoms with Gasteiger partial charge in [0.25, 0.3) is 10.0 Å². The minimum absolute atomic E-state index is 0.101. The van der Waals surface area contributed by atoms with E-state index in [0.29, 0.717) is 6.07 Å². The molecule has 0 saturated heterocycles.